The van der Waals surface area contributed by atoms with Gasteiger partial charge in [0.25, 0.3) is 0 Å². The van der Waals surface area contributed by atoms with Gasteiger partial charge in [-0.3, -0.25) is 9.48 Å². The van der Waals surface area contributed by atoms with Crippen LogP contribution in [0.25, 0.3) is 0 Å². The second kappa shape index (κ2) is 8.93. The number of hydrogen-bond acceptors (Lipinski definition) is 5. The van der Waals surface area contributed by atoms with Gasteiger partial charge in [-0.2, -0.15) is 18.3 Å². The van der Waals surface area contributed by atoms with Gasteiger partial charge in [0.05, 0.1) is 12.6 Å². The van der Waals surface area contributed by atoms with Crippen molar-refractivity contribution in [2.24, 2.45) is 11.7 Å². The van der Waals surface area contributed by atoms with Crippen LogP contribution in [0.3, 0.4) is 0 Å². The van der Waals surface area contributed by atoms with E-state index in [9.17, 15) is 22.8 Å². The second-order valence-electron chi connectivity index (χ2n) is 7.88. The topological polar surface area (TPSA) is 99.2 Å². The maximum Gasteiger partial charge on any atom is 0.490 e. The van der Waals surface area contributed by atoms with E-state index in [1.165, 1.54) is 37.2 Å². The average molecular weight is 404 g/mol. The number of esters is 1. The molecular formula is C18H27F3N4O3. The molecule has 158 valence electrons. The van der Waals surface area contributed by atoms with Crippen LogP contribution in [0.15, 0.2) is 12.3 Å². The summed E-state index contributed by atoms with van der Waals surface area (Å²) in [4.78, 5) is 23.3. The molecule has 2 rings (SSSR count). The zero-order valence-electron chi connectivity index (χ0n) is 16.1. The molecule has 0 bridgehead atoms. The number of hydrogen-bond donors (Lipinski definition) is 2. The van der Waals surface area contributed by atoms with Crippen molar-refractivity contribution in [2.75, 3.05) is 5.32 Å². The van der Waals surface area contributed by atoms with Crippen LogP contribution < -0.4 is 11.1 Å². The van der Waals surface area contributed by atoms with Crippen molar-refractivity contribution in [3.8, 4) is 0 Å². The van der Waals surface area contributed by atoms with Gasteiger partial charge < -0.3 is 15.8 Å². The highest BCUT2D eigenvalue weighted by Gasteiger charge is 2.44. The molecule has 10 heteroatoms. The van der Waals surface area contributed by atoms with Crippen molar-refractivity contribution in [2.45, 2.75) is 76.7 Å². The van der Waals surface area contributed by atoms with Crippen molar-refractivity contribution < 1.29 is 27.5 Å². The summed E-state index contributed by atoms with van der Waals surface area (Å²) in [6, 6.07) is 0.866. The van der Waals surface area contributed by atoms with Crippen LogP contribution in [0.5, 0.6) is 0 Å². The molecule has 1 saturated carbocycles. The van der Waals surface area contributed by atoms with E-state index in [1.54, 1.807) is 0 Å². The van der Waals surface area contributed by atoms with Crippen molar-refractivity contribution in [3.63, 3.8) is 0 Å². The minimum atomic E-state index is -5.06. The van der Waals surface area contributed by atoms with E-state index < -0.39 is 23.8 Å². The zero-order valence-corrected chi connectivity index (χ0v) is 16.1. The third-order valence-corrected chi connectivity index (χ3v) is 4.68. The van der Waals surface area contributed by atoms with Gasteiger partial charge in [0.15, 0.2) is 5.82 Å². The Balaban J connectivity index is 1.87. The third kappa shape index (κ3) is 6.81. The lowest BCUT2D eigenvalue weighted by molar-refractivity contribution is -0.212. The normalized spacial score (nSPS) is 17.2. The van der Waals surface area contributed by atoms with Crippen molar-refractivity contribution in [1.29, 1.82) is 0 Å². The Morgan fingerprint density at radius 2 is 1.96 bits per heavy atom. The Kier molecular flexibility index (Phi) is 7.08. The summed E-state index contributed by atoms with van der Waals surface area (Å²) in [5, 5.41) is 6.71. The number of halogens is 3. The summed E-state index contributed by atoms with van der Waals surface area (Å²) in [6.07, 6.45) is 2.76. The number of carbonyl (C=O) groups excluding carboxylic acids is 2. The molecule has 0 spiro atoms. The first kappa shape index (κ1) is 22.2. The summed E-state index contributed by atoms with van der Waals surface area (Å²) in [5.74, 6) is -1.91. The molecule has 1 atom stereocenters. The fourth-order valence-corrected chi connectivity index (χ4v) is 3.36. The summed E-state index contributed by atoms with van der Waals surface area (Å²) < 4.78 is 42.8. The number of amides is 1. The number of ether oxygens (including phenoxy) is 1. The van der Waals surface area contributed by atoms with Crippen LogP contribution in [-0.2, 0) is 20.9 Å². The molecule has 0 radical (unpaired) electrons. The highest BCUT2D eigenvalue weighted by Crippen LogP contribution is 2.27. The standard InChI is InChI=1S/C18H27F3N4O3/c1-17(2,28-16(27)18(19,20)21)11-25-9-8-14(24-25)23-15(26)13(22)10-12-6-4-3-5-7-12/h8-9,12-13H,3-7,10-11,22H2,1-2H3,(H,23,24,26)/t13-/m0/s1. The molecule has 28 heavy (non-hydrogen) atoms. The Hall–Kier alpha value is -2.10. The smallest absolute Gasteiger partial charge is 0.451 e. The number of carbonyl (C=O) groups is 2. The van der Waals surface area contributed by atoms with Gasteiger partial charge in [0, 0.05) is 12.3 Å². The number of nitrogens with zero attached hydrogens (tertiary/aromatic N) is 2. The van der Waals surface area contributed by atoms with Gasteiger partial charge in [-0.25, -0.2) is 4.79 Å². The first-order valence-corrected chi connectivity index (χ1v) is 9.36. The Bertz CT molecular complexity index is 682. The van der Waals surface area contributed by atoms with Gasteiger partial charge in [-0.05, 0) is 26.2 Å². The van der Waals surface area contributed by atoms with Gasteiger partial charge in [0.2, 0.25) is 5.91 Å². The van der Waals surface area contributed by atoms with Crippen LogP contribution in [0.1, 0.15) is 52.4 Å². The maximum atomic E-state index is 12.4. The van der Waals surface area contributed by atoms with E-state index >= 15 is 0 Å². The first-order valence-electron chi connectivity index (χ1n) is 9.36. The largest absolute Gasteiger partial charge is 0.490 e. The second-order valence-corrected chi connectivity index (χ2v) is 7.88. The lowest BCUT2D eigenvalue weighted by atomic mass is 9.85. The van der Waals surface area contributed by atoms with E-state index in [2.05, 4.69) is 15.2 Å². The van der Waals surface area contributed by atoms with Crippen molar-refractivity contribution in [1.82, 2.24) is 9.78 Å². The fraction of sp³-hybridized carbons (Fsp3) is 0.722. The Morgan fingerprint density at radius 1 is 1.32 bits per heavy atom. The van der Waals surface area contributed by atoms with E-state index in [-0.39, 0.29) is 18.3 Å². The molecule has 0 saturated heterocycles. The molecular weight excluding hydrogens is 377 g/mol. The third-order valence-electron chi connectivity index (χ3n) is 4.68. The van der Waals surface area contributed by atoms with Gasteiger partial charge in [0.1, 0.15) is 5.60 Å². The lowest BCUT2D eigenvalue weighted by Crippen LogP contribution is -2.39. The number of nitrogens with one attached hydrogen (secondary N) is 1. The molecule has 1 aliphatic carbocycles. The number of alkyl halides is 3. The average Bonchev–Trinajstić information content (AvgIpc) is 3.00. The van der Waals surface area contributed by atoms with Crippen LogP contribution in [0.4, 0.5) is 19.0 Å². The monoisotopic (exact) mass is 404 g/mol. The summed E-state index contributed by atoms with van der Waals surface area (Å²) in [6.45, 7) is 2.58. The summed E-state index contributed by atoms with van der Waals surface area (Å²) in [7, 11) is 0. The quantitative estimate of drug-likeness (QED) is 0.681. The van der Waals surface area contributed by atoms with Crippen LogP contribution in [0.2, 0.25) is 0 Å². The molecule has 1 fully saturated rings. The molecule has 3 N–H and O–H groups in total. The van der Waals surface area contributed by atoms with Crippen LogP contribution in [-0.4, -0.2) is 39.5 Å². The summed E-state index contributed by atoms with van der Waals surface area (Å²) in [5.41, 5.74) is 4.56. The van der Waals surface area contributed by atoms with Gasteiger partial charge in [-0.1, -0.05) is 32.1 Å². The molecule has 1 aliphatic rings. The van der Waals surface area contributed by atoms with Crippen LogP contribution in [0, 0.1) is 5.92 Å². The number of nitrogens with two attached hydrogens (primary N) is 1. The number of aromatic nitrogens is 2. The van der Waals surface area contributed by atoms with E-state index in [4.69, 9.17) is 5.73 Å². The SMILES string of the molecule is CC(C)(Cn1ccc(NC(=O)[C@@H](N)CC2CCCCC2)n1)OC(=O)C(F)(F)F. The molecule has 7 nitrogen and oxygen atoms in total. The predicted octanol–water partition coefficient (Wildman–Crippen LogP) is 3.00. The molecule has 1 amide bonds. The molecule has 0 aromatic carbocycles. The van der Waals surface area contributed by atoms with E-state index in [0.717, 1.165) is 25.7 Å². The minimum Gasteiger partial charge on any atom is -0.451 e. The maximum absolute atomic E-state index is 12.4. The molecule has 1 aromatic heterocycles. The molecule has 1 aromatic rings. The number of anilines is 1. The molecule has 0 unspecified atom stereocenters. The summed E-state index contributed by atoms with van der Waals surface area (Å²) >= 11 is 0. The fourth-order valence-electron chi connectivity index (χ4n) is 3.36. The minimum absolute atomic E-state index is 0.112. The van der Waals surface area contributed by atoms with Crippen molar-refractivity contribution >= 4 is 17.7 Å². The highest BCUT2D eigenvalue weighted by atomic mass is 19.4. The lowest BCUT2D eigenvalue weighted by Gasteiger charge is -2.25. The van der Waals surface area contributed by atoms with Gasteiger partial charge >= 0.3 is 12.1 Å². The van der Waals surface area contributed by atoms with E-state index in [0.29, 0.717) is 12.3 Å². The van der Waals surface area contributed by atoms with Gasteiger partial charge in [-0.15, -0.1) is 0 Å². The Morgan fingerprint density at radius 3 is 2.57 bits per heavy atom. The zero-order chi connectivity index (χ0) is 20.9. The Labute approximate surface area is 161 Å². The van der Waals surface area contributed by atoms with E-state index in [1.807, 2.05) is 0 Å². The first-order chi connectivity index (χ1) is 13.0. The predicted molar refractivity (Wildman–Crippen MR) is 96.3 cm³/mol. The molecule has 1 heterocycles. The highest BCUT2D eigenvalue weighted by molar-refractivity contribution is 5.93. The number of rotatable bonds is 7. The van der Waals surface area contributed by atoms with Crippen LogP contribution >= 0.6 is 0 Å². The molecule has 0 aliphatic heterocycles. The van der Waals surface area contributed by atoms with Crippen molar-refractivity contribution in [3.05, 3.63) is 12.3 Å².